The molecule has 0 radical (unpaired) electrons. The molecule has 5 aromatic rings. The van der Waals surface area contributed by atoms with Gasteiger partial charge in [0.1, 0.15) is 5.65 Å². The van der Waals surface area contributed by atoms with Crippen LogP contribution in [0.1, 0.15) is 5.56 Å². The first-order valence-corrected chi connectivity index (χ1v) is 12.0. The standard InChI is InChI=1S/C27H23F3N6O2/c1-34-16-24(22-13-17(4-6-31-22)19-12-18-5-7-32-25(18)33-15-19)36(26(34)37)20-2-3-23(21(14-20)27(28,29)30)35-8-10-38-11-9-35/h2-7,12-16H,8-11H2,1H3,(H,32,33). The van der Waals surface area contributed by atoms with Crippen LogP contribution in [0.15, 0.2) is 72.0 Å². The molecule has 6 rings (SSSR count). The van der Waals surface area contributed by atoms with Gasteiger partial charge >= 0.3 is 11.9 Å². The number of alkyl halides is 3. The molecular weight excluding hydrogens is 497 g/mol. The number of hydrogen-bond acceptors (Lipinski definition) is 5. The van der Waals surface area contributed by atoms with E-state index in [0.29, 0.717) is 37.7 Å². The zero-order valence-corrected chi connectivity index (χ0v) is 20.4. The zero-order valence-electron chi connectivity index (χ0n) is 20.4. The number of anilines is 1. The molecule has 1 aliphatic heterocycles. The van der Waals surface area contributed by atoms with E-state index in [1.807, 2.05) is 24.4 Å². The second kappa shape index (κ2) is 9.18. The number of pyridine rings is 2. The molecule has 0 spiro atoms. The van der Waals surface area contributed by atoms with Crippen LogP contribution in [0.2, 0.25) is 0 Å². The van der Waals surface area contributed by atoms with Gasteiger partial charge in [-0.25, -0.2) is 9.78 Å². The monoisotopic (exact) mass is 520 g/mol. The minimum absolute atomic E-state index is 0.0721. The van der Waals surface area contributed by atoms with Crippen LogP contribution in [-0.4, -0.2) is 50.4 Å². The molecule has 8 nitrogen and oxygen atoms in total. The minimum atomic E-state index is -4.61. The van der Waals surface area contributed by atoms with Gasteiger partial charge in [-0.2, -0.15) is 13.2 Å². The molecule has 0 unspecified atom stereocenters. The highest BCUT2D eigenvalue weighted by Crippen LogP contribution is 2.38. The van der Waals surface area contributed by atoms with Crippen molar-refractivity contribution in [1.29, 1.82) is 0 Å². The predicted octanol–water partition coefficient (Wildman–Crippen LogP) is 4.64. The van der Waals surface area contributed by atoms with E-state index in [2.05, 4.69) is 15.0 Å². The van der Waals surface area contributed by atoms with Crippen molar-refractivity contribution in [2.24, 2.45) is 7.05 Å². The minimum Gasteiger partial charge on any atom is -0.378 e. The third kappa shape index (κ3) is 4.24. The maximum absolute atomic E-state index is 14.2. The number of imidazole rings is 1. The maximum atomic E-state index is 14.2. The number of benzene rings is 1. The molecule has 1 saturated heterocycles. The number of nitrogens with one attached hydrogen (secondary N) is 1. The summed E-state index contributed by atoms with van der Waals surface area (Å²) in [5, 5.41) is 0.942. The smallest absolute Gasteiger partial charge is 0.378 e. The molecule has 194 valence electrons. The van der Waals surface area contributed by atoms with Crippen LogP contribution in [0.3, 0.4) is 0 Å². The van der Waals surface area contributed by atoms with Crippen molar-refractivity contribution in [3.8, 4) is 28.2 Å². The Balaban J connectivity index is 1.46. The average Bonchev–Trinajstić information content (AvgIpc) is 3.52. The van der Waals surface area contributed by atoms with Crippen LogP contribution >= 0.6 is 0 Å². The Morgan fingerprint density at radius 2 is 1.82 bits per heavy atom. The first kappa shape index (κ1) is 24.0. The van der Waals surface area contributed by atoms with E-state index in [-0.39, 0.29) is 11.4 Å². The van der Waals surface area contributed by atoms with E-state index in [1.165, 1.54) is 15.2 Å². The van der Waals surface area contributed by atoms with E-state index < -0.39 is 17.4 Å². The largest absolute Gasteiger partial charge is 0.418 e. The Hall–Kier alpha value is -4.38. The lowest BCUT2D eigenvalue weighted by molar-refractivity contribution is -0.137. The second-order valence-corrected chi connectivity index (χ2v) is 9.11. The molecule has 38 heavy (non-hydrogen) atoms. The number of hydrogen-bond donors (Lipinski definition) is 1. The third-order valence-electron chi connectivity index (χ3n) is 6.70. The normalized spacial score (nSPS) is 14.4. The fourth-order valence-electron chi connectivity index (χ4n) is 4.81. The molecule has 0 aliphatic carbocycles. The highest BCUT2D eigenvalue weighted by Gasteiger charge is 2.36. The van der Waals surface area contributed by atoms with Crippen LogP contribution in [0.4, 0.5) is 18.9 Å². The summed E-state index contributed by atoms with van der Waals surface area (Å²) in [6.07, 6.45) is 2.11. The first-order chi connectivity index (χ1) is 18.3. The van der Waals surface area contributed by atoms with Crippen LogP contribution in [0.5, 0.6) is 0 Å². The highest BCUT2D eigenvalue weighted by atomic mass is 19.4. The molecule has 1 aliphatic rings. The molecule has 0 amide bonds. The molecule has 1 aromatic carbocycles. The number of halogens is 3. The fraction of sp³-hybridized carbons (Fsp3) is 0.222. The van der Waals surface area contributed by atoms with Gasteiger partial charge in [-0.05, 0) is 48.0 Å². The second-order valence-electron chi connectivity index (χ2n) is 9.11. The summed E-state index contributed by atoms with van der Waals surface area (Å²) in [5.41, 5.74) is 2.15. The van der Waals surface area contributed by atoms with Crippen LogP contribution in [0, 0.1) is 0 Å². The highest BCUT2D eigenvalue weighted by molar-refractivity contribution is 5.82. The number of nitrogens with zero attached hydrogens (tertiary/aromatic N) is 5. The Kier molecular flexibility index (Phi) is 5.79. The van der Waals surface area contributed by atoms with E-state index >= 15 is 0 Å². The van der Waals surface area contributed by atoms with Gasteiger partial charge in [0.15, 0.2) is 0 Å². The number of aryl methyl sites for hydroxylation is 1. The molecule has 0 atom stereocenters. The van der Waals surface area contributed by atoms with Gasteiger partial charge in [-0.3, -0.25) is 9.55 Å². The summed E-state index contributed by atoms with van der Waals surface area (Å²) < 4.78 is 50.5. The number of aromatic amines is 1. The summed E-state index contributed by atoms with van der Waals surface area (Å²) in [6.45, 7) is 1.43. The Morgan fingerprint density at radius 3 is 2.61 bits per heavy atom. The number of H-pyrrole nitrogens is 1. The van der Waals surface area contributed by atoms with Gasteiger partial charge in [0.05, 0.1) is 35.9 Å². The van der Waals surface area contributed by atoms with Crippen molar-refractivity contribution >= 4 is 16.7 Å². The molecule has 1 fully saturated rings. The Labute approximate surface area is 214 Å². The summed E-state index contributed by atoms with van der Waals surface area (Å²) >= 11 is 0. The Bertz CT molecular complexity index is 1700. The van der Waals surface area contributed by atoms with Crippen molar-refractivity contribution in [3.63, 3.8) is 0 Å². The fourth-order valence-corrected chi connectivity index (χ4v) is 4.81. The molecule has 11 heteroatoms. The lowest BCUT2D eigenvalue weighted by atomic mass is 10.1. The average molecular weight is 521 g/mol. The number of morpholine rings is 1. The molecule has 5 heterocycles. The zero-order chi connectivity index (χ0) is 26.4. The van der Waals surface area contributed by atoms with Crippen molar-refractivity contribution in [2.45, 2.75) is 6.18 Å². The third-order valence-corrected chi connectivity index (χ3v) is 6.70. The topological polar surface area (TPSA) is 81.0 Å². The van der Waals surface area contributed by atoms with Gasteiger partial charge in [-0.1, -0.05) is 0 Å². The van der Waals surface area contributed by atoms with E-state index in [4.69, 9.17) is 4.74 Å². The van der Waals surface area contributed by atoms with Gasteiger partial charge in [0, 0.05) is 61.6 Å². The lowest BCUT2D eigenvalue weighted by Gasteiger charge is -2.31. The van der Waals surface area contributed by atoms with E-state index in [9.17, 15) is 18.0 Å². The van der Waals surface area contributed by atoms with Crippen molar-refractivity contribution in [2.75, 3.05) is 31.2 Å². The number of aromatic nitrogens is 5. The Morgan fingerprint density at radius 1 is 1.00 bits per heavy atom. The van der Waals surface area contributed by atoms with Gasteiger partial charge < -0.3 is 19.2 Å². The lowest BCUT2D eigenvalue weighted by Crippen LogP contribution is -2.37. The van der Waals surface area contributed by atoms with Crippen molar-refractivity contribution < 1.29 is 17.9 Å². The van der Waals surface area contributed by atoms with Gasteiger partial charge in [0.2, 0.25) is 0 Å². The molecular formula is C27H23F3N6O2. The molecule has 1 N–H and O–H groups in total. The molecule has 0 bridgehead atoms. The SMILES string of the molecule is Cn1cc(-c2cc(-c3cnc4[nH]ccc4c3)ccn2)n(-c2ccc(N3CCOCC3)c(C(F)(F)F)c2)c1=O. The summed E-state index contributed by atoms with van der Waals surface area (Å²) in [7, 11) is 1.56. The van der Waals surface area contributed by atoms with Gasteiger partial charge in [-0.15, -0.1) is 0 Å². The quantitative estimate of drug-likeness (QED) is 0.374. The summed E-state index contributed by atoms with van der Waals surface area (Å²) in [4.78, 5) is 26.7. The van der Waals surface area contributed by atoms with Crippen molar-refractivity contribution in [1.82, 2.24) is 24.1 Å². The summed E-state index contributed by atoms with van der Waals surface area (Å²) in [5.74, 6) is 0. The van der Waals surface area contributed by atoms with Crippen LogP contribution < -0.4 is 10.6 Å². The van der Waals surface area contributed by atoms with E-state index in [1.54, 1.807) is 42.7 Å². The number of fused-ring (bicyclic) bond motifs is 1. The van der Waals surface area contributed by atoms with Gasteiger partial charge in [0.25, 0.3) is 0 Å². The maximum Gasteiger partial charge on any atom is 0.418 e. The first-order valence-electron chi connectivity index (χ1n) is 12.0. The predicted molar refractivity (Wildman–Crippen MR) is 137 cm³/mol. The van der Waals surface area contributed by atoms with Crippen molar-refractivity contribution in [3.05, 3.63) is 83.3 Å². The number of rotatable bonds is 4. The summed E-state index contributed by atoms with van der Waals surface area (Å²) in [6, 6.07) is 11.5. The van der Waals surface area contributed by atoms with E-state index in [0.717, 1.165) is 28.2 Å². The molecule has 0 saturated carbocycles. The number of ether oxygens (including phenoxy) is 1. The molecule has 4 aromatic heterocycles. The van der Waals surface area contributed by atoms with Crippen LogP contribution in [0.25, 0.3) is 39.2 Å². The van der Waals surface area contributed by atoms with Crippen LogP contribution in [-0.2, 0) is 18.0 Å².